The fourth-order valence-corrected chi connectivity index (χ4v) is 4.10. The summed E-state index contributed by atoms with van der Waals surface area (Å²) in [4.78, 5) is 27.8. The summed E-state index contributed by atoms with van der Waals surface area (Å²) in [5.74, 6) is -0.837. The summed E-state index contributed by atoms with van der Waals surface area (Å²) in [6.07, 6.45) is 4.09. The second kappa shape index (κ2) is 7.01. The molecule has 1 aliphatic heterocycles. The monoisotopic (exact) mass is 367 g/mol. The zero-order valence-corrected chi connectivity index (χ0v) is 14.8. The van der Waals surface area contributed by atoms with E-state index in [9.17, 15) is 18.0 Å². The third kappa shape index (κ3) is 3.77. The highest BCUT2D eigenvalue weighted by Crippen LogP contribution is 2.20. The van der Waals surface area contributed by atoms with Crippen molar-refractivity contribution in [2.75, 3.05) is 26.7 Å². The molecule has 2 aromatic rings. The van der Waals surface area contributed by atoms with Crippen LogP contribution in [0.15, 0.2) is 32.3 Å². The van der Waals surface area contributed by atoms with Crippen molar-refractivity contribution in [2.24, 2.45) is 0 Å². The number of H-pyrrole nitrogens is 1. The van der Waals surface area contributed by atoms with Gasteiger partial charge in [-0.15, -0.1) is 0 Å². The number of likely N-dealkylation sites (tertiary alicyclic amines) is 1. The van der Waals surface area contributed by atoms with E-state index in [2.05, 4.69) is 4.98 Å². The Morgan fingerprint density at radius 1 is 1.24 bits per heavy atom. The Hall–Kier alpha value is -2.13. The summed E-state index contributed by atoms with van der Waals surface area (Å²) >= 11 is 0. The van der Waals surface area contributed by atoms with E-state index in [0.29, 0.717) is 18.6 Å². The Labute approximate surface area is 145 Å². The first kappa shape index (κ1) is 17.7. The van der Waals surface area contributed by atoms with Gasteiger partial charge in [0.15, 0.2) is 5.58 Å². The minimum atomic E-state index is -3.85. The van der Waals surface area contributed by atoms with Gasteiger partial charge in [-0.05, 0) is 25.0 Å². The zero-order chi connectivity index (χ0) is 18.0. The van der Waals surface area contributed by atoms with Crippen LogP contribution in [0.1, 0.15) is 25.7 Å². The SMILES string of the molecule is CN(CC(=O)N1CCCCCC1)S(=O)(=O)c1ccc2[nH]c(=O)oc2c1. The maximum atomic E-state index is 12.7. The number of amides is 1. The highest BCUT2D eigenvalue weighted by atomic mass is 32.2. The summed E-state index contributed by atoms with van der Waals surface area (Å²) in [6.45, 7) is 1.14. The summed E-state index contributed by atoms with van der Waals surface area (Å²) in [5.41, 5.74) is 0.588. The standard InChI is InChI=1S/C16H21N3O5S/c1-18(11-15(20)19-8-4-2-3-5-9-19)25(22,23)12-6-7-13-14(10-12)24-16(21)17-13/h6-7,10H,2-5,8-9,11H2,1H3,(H,17,21). The van der Waals surface area contributed by atoms with Crippen LogP contribution in [0.25, 0.3) is 11.1 Å². The van der Waals surface area contributed by atoms with Crippen molar-refractivity contribution < 1.29 is 17.6 Å². The van der Waals surface area contributed by atoms with Gasteiger partial charge in [0.1, 0.15) is 0 Å². The highest BCUT2D eigenvalue weighted by molar-refractivity contribution is 7.89. The number of aromatic amines is 1. The molecule has 1 N–H and O–H groups in total. The number of hydrogen-bond donors (Lipinski definition) is 1. The van der Waals surface area contributed by atoms with E-state index >= 15 is 0 Å². The Morgan fingerprint density at radius 2 is 1.92 bits per heavy atom. The predicted molar refractivity (Wildman–Crippen MR) is 91.7 cm³/mol. The number of sulfonamides is 1. The Morgan fingerprint density at radius 3 is 2.60 bits per heavy atom. The molecule has 1 aromatic heterocycles. The van der Waals surface area contributed by atoms with Gasteiger partial charge in [-0.25, -0.2) is 13.2 Å². The molecule has 1 fully saturated rings. The average molecular weight is 367 g/mol. The number of benzene rings is 1. The lowest BCUT2D eigenvalue weighted by Gasteiger charge is -2.24. The number of hydrogen-bond acceptors (Lipinski definition) is 5. The molecule has 25 heavy (non-hydrogen) atoms. The summed E-state index contributed by atoms with van der Waals surface area (Å²) in [6, 6.07) is 4.14. The smallest absolute Gasteiger partial charge is 0.408 e. The van der Waals surface area contributed by atoms with E-state index in [1.165, 1.54) is 25.2 Å². The van der Waals surface area contributed by atoms with Crippen molar-refractivity contribution >= 4 is 27.0 Å². The van der Waals surface area contributed by atoms with Gasteiger partial charge >= 0.3 is 5.76 Å². The minimum Gasteiger partial charge on any atom is -0.408 e. The molecule has 1 aromatic carbocycles. The Bertz CT molecular complexity index is 923. The number of nitrogens with zero attached hydrogens (tertiary/aromatic N) is 2. The van der Waals surface area contributed by atoms with Gasteiger partial charge < -0.3 is 9.32 Å². The molecule has 0 atom stereocenters. The molecule has 0 spiro atoms. The van der Waals surface area contributed by atoms with Crippen LogP contribution < -0.4 is 5.76 Å². The number of rotatable bonds is 4. The van der Waals surface area contributed by atoms with Crippen LogP contribution in [0.4, 0.5) is 0 Å². The van der Waals surface area contributed by atoms with Crippen LogP contribution in [0.5, 0.6) is 0 Å². The molecular formula is C16H21N3O5S. The van der Waals surface area contributed by atoms with E-state index < -0.39 is 15.8 Å². The first-order valence-corrected chi connectivity index (χ1v) is 9.69. The molecule has 0 radical (unpaired) electrons. The molecule has 136 valence electrons. The molecule has 8 nitrogen and oxygen atoms in total. The number of oxazole rings is 1. The first-order valence-electron chi connectivity index (χ1n) is 8.25. The van der Waals surface area contributed by atoms with Gasteiger partial charge in [0.05, 0.1) is 17.0 Å². The van der Waals surface area contributed by atoms with E-state index in [4.69, 9.17) is 4.42 Å². The summed E-state index contributed by atoms with van der Waals surface area (Å²) in [5, 5.41) is 0. The van der Waals surface area contributed by atoms with Crippen molar-refractivity contribution in [3.63, 3.8) is 0 Å². The highest BCUT2D eigenvalue weighted by Gasteiger charge is 2.26. The van der Waals surface area contributed by atoms with Crippen molar-refractivity contribution in [3.8, 4) is 0 Å². The van der Waals surface area contributed by atoms with Gasteiger partial charge in [0.25, 0.3) is 0 Å². The molecule has 2 heterocycles. The van der Waals surface area contributed by atoms with E-state index in [1.54, 1.807) is 4.90 Å². The molecule has 1 saturated heterocycles. The number of aromatic nitrogens is 1. The summed E-state index contributed by atoms with van der Waals surface area (Å²) in [7, 11) is -2.48. The maximum absolute atomic E-state index is 12.7. The lowest BCUT2D eigenvalue weighted by atomic mass is 10.2. The van der Waals surface area contributed by atoms with Crippen LogP contribution in [-0.2, 0) is 14.8 Å². The lowest BCUT2D eigenvalue weighted by Crippen LogP contribution is -2.41. The minimum absolute atomic E-state index is 0.0195. The van der Waals surface area contributed by atoms with E-state index in [-0.39, 0.29) is 22.9 Å². The third-order valence-electron chi connectivity index (χ3n) is 4.42. The molecular weight excluding hydrogens is 346 g/mol. The normalized spacial score (nSPS) is 16.3. The van der Waals surface area contributed by atoms with Gasteiger partial charge in [0, 0.05) is 26.2 Å². The van der Waals surface area contributed by atoms with E-state index in [1.807, 2.05) is 0 Å². The fraction of sp³-hybridized carbons (Fsp3) is 0.500. The van der Waals surface area contributed by atoms with Gasteiger partial charge in [0.2, 0.25) is 15.9 Å². The number of carbonyl (C=O) groups excluding carboxylic acids is 1. The third-order valence-corrected chi connectivity index (χ3v) is 6.22. The number of carbonyl (C=O) groups is 1. The molecule has 0 bridgehead atoms. The van der Waals surface area contributed by atoms with Crippen LogP contribution in [0.3, 0.4) is 0 Å². The second-order valence-electron chi connectivity index (χ2n) is 6.23. The fourth-order valence-electron chi connectivity index (χ4n) is 2.96. The van der Waals surface area contributed by atoms with Crippen LogP contribution >= 0.6 is 0 Å². The Kier molecular flexibility index (Phi) is 4.96. The van der Waals surface area contributed by atoms with Crippen molar-refractivity contribution in [2.45, 2.75) is 30.6 Å². The maximum Gasteiger partial charge on any atom is 0.417 e. The number of nitrogens with one attached hydrogen (secondary N) is 1. The number of likely N-dealkylation sites (N-methyl/N-ethyl adjacent to an activating group) is 1. The van der Waals surface area contributed by atoms with Crippen LogP contribution in [0, 0.1) is 0 Å². The average Bonchev–Trinajstić information content (AvgIpc) is 2.76. The van der Waals surface area contributed by atoms with Crippen molar-refractivity contribution in [1.29, 1.82) is 0 Å². The molecule has 1 aliphatic rings. The molecule has 9 heteroatoms. The summed E-state index contributed by atoms with van der Waals surface area (Å²) < 4.78 is 31.3. The van der Waals surface area contributed by atoms with Crippen molar-refractivity contribution in [3.05, 3.63) is 28.7 Å². The Balaban J connectivity index is 1.77. The van der Waals surface area contributed by atoms with Gasteiger partial charge in [-0.1, -0.05) is 12.8 Å². The topological polar surface area (TPSA) is 104 Å². The second-order valence-corrected chi connectivity index (χ2v) is 8.27. The number of fused-ring (bicyclic) bond motifs is 1. The molecule has 1 amide bonds. The first-order chi connectivity index (χ1) is 11.9. The van der Waals surface area contributed by atoms with Gasteiger partial charge in [-0.2, -0.15) is 4.31 Å². The van der Waals surface area contributed by atoms with Gasteiger partial charge in [-0.3, -0.25) is 9.78 Å². The lowest BCUT2D eigenvalue weighted by molar-refractivity contribution is -0.131. The van der Waals surface area contributed by atoms with Crippen molar-refractivity contribution in [1.82, 2.24) is 14.2 Å². The predicted octanol–water partition coefficient (Wildman–Crippen LogP) is 1.14. The molecule has 0 saturated carbocycles. The molecule has 0 aliphatic carbocycles. The van der Waals surface area contributed by atoms with Crippen LogP contribution in [-0.4, -0.2) is 55.2 Å². The van der Waals surface area contributed by atoms with E-state index in [0.717, 1.165) is 30.0 Å². The quantitative estimate of drug-likeness (QED) is 0.873. The molecule has 3 rings (SSSR count). The zero-order valence-electron chi connectivity index (χ0n) is 14.0. The van der Waals surface area contributed by atoms with Crippen LogP contribution in [0.2, 0.25) is 0 Å². The molecule has 0 unspecified atom stereocenters. The largest absolute Gasteiger partial charge is 0.417 e.